The average molecular weight is 418 g/mol. The molecule has 0 aliphatic heterocycles. The van der Waals surface area contributed by atoms with Crippen molar-refractivity contribution in [1.82, 2.24) is 0 Å². The lowest BCUT2D eigenvalue weighted by Gasteiger charge is -2.17. The van der Waals surface area contributed by atoms with Gasteiger partial charge in [-0.2, -0.15) is 0 Å². The van der Waals surface area contributed by atoms with Crippen LogP contribution in [0.1, 0.15) is 12.8 Å². The van der Waals surface area contributed by atoms with Crippen molar-refractivity contribution in [2.75, 3.05) is 10.6 Å². The minimum atomic E-state index is -1.19. The fourth-order valence-electron chi connectivity index (χ4n) is 2.38. The second-order valence-corrected chi connectivity index (χ2v) is 7.31. The van der Waals surface area contributed by atoms with Crippen molar-refractivity contribution in [3.8, 4) is 0 Å². The van der Waals surface area contributed by atoms with E-state index in [9.17, 15) is 9.59 Å². The predicted molar refractivity (Wildman–Crippen MR) is 102 cm³/mol. The van der Waals surface area contributed by atoms with Crippen molar-refractivity contribution >= 4 is 69.6 Å². The highest BCUT2D eigenvalue weighted by Crippen LogP contribution is 2.48. The molecule has 0 unspecified atom stereocenters. The summed E-state index contributed by atoms with van der Waals surface area (Å²) < 4.78 is 0. The van der Waals surface area contributed by atoms with E-state index in [0.717, 1.165) is 0 Å². The molecule has 8 heteroatoms. The zero-order valence-electron chi connectivity index (χ0n) is 12.7. The van der Waals surface area contributed by atoms with Gasteiger partial charge in [0, 0.05) is 0 Å². The Morgan fingerprint density at radius 2 is 1.04 bits per heavy atom. The molecular formula is C17H12Cl4N2O2. The number of carbonyl (C=O) groups excluding carboxylic acids is 2. The molecule has 2 amide bonds. The maximum absolute atomic E-state index is 12.6. The van der Waals surface area contributed by atoms with Crippen molar-refractivity contribution in [1.29, 1.82) is 0 Å². The molecule has 1 aliphatic rings. The number of amides is 2. The molecule has 1 saturated carbocycles. The molecule has 25 heavy (non-hydrogen) atoms. The highest BCUT2D eigenvalue weighted by molar-refractivity contribution is 6.41. The Labute approximate surface area is 164 Å². The van der Waals surface area contributed by atoms with Crippen LogP contribution in [0.5, 0.6) is 0 Å². The Morgan fingerprint density at radius 1 is 0.720 bits per heavy atom. The first kappa shape index (κ1) is 18.3. The average Bonchev–Trinajstić information content (AvgIpc) is 3.36. The number of benzene rings is 2. The van der Waals surface area contributed by atoms with E-state index in [1.54, 1.807) is 36.4 Å². The van der Waals surface area contributed by atoms with Gasteiger partial charge < -0.3 is 10.6 Å². The first-order chi connectivity index (χ1) is 11.8. The molecule has 2 N–H and O–H groups in total. The largest absolute Gasteiger partial charge is 0.323 e. The van der Waals surface area contributed by atoms with Crippen LogP contribution in [0.2, 0.25) is 20.1 Å². The van der Waals surface area contributed by atoms with Gasteiger partial charge in [0.1, 0.15) is 5.41 Å². The van der Waals surface area contributed by atoms with E-state index in [2.05, 4.69) is 10.6 Å². The molecule has 2 aromatic carbocycles. The van der Waals surface area contributed by atoms with Gasteiger partial charge in [0.15, 0.2) is 0 Å². The Hall–Kier alpha value is -1.46. The van der Waals surface area contributed by atoms with Gasteiger partial charge in [-0.3, -0.25) is 9.59 Å². The second-order valence-electron chi connectivity index (χ2n) is 5.68. The number of rotatable bonds is 4. The number of halogens is 4. The second kappa shape index (κ2) is 7.04. The summed E-state index contributed by atoms with van der Waals surface area (Å²) in [7, 11) is 0. The zero-order valence-corrected chi connectivity index (χ0v) is 15.7. The number of hydrogen-bond donors (Lipinski definition) is 2. The van der Waals surface area contributed by atoms with Crippen LogP contribution < -0.4 is 10.6 Å². The summed E-state index contributed by atoms with van der Waals surface area (Å²) >= 11 is 24.2. The van der Waals surface area contributed by atoms with Crippen LogP contribution in [0, 0.1) is 5.41 Å². The van der Waals surface area contributed by atoms with Gasteiger partial charge in [-0.05, 0) is 37.1 Å². The minimum Gasteiger partial charge on any atom is -0.323 e. The van der Waals surface area contributed by atoms with Gasteiger partial charge in [-0.25, -0.2) is 0 Å². The quantitative estimate of drug-likeness (QED) is 0.630. The topological polar surface area (TPSA) is 58.2 Å². The molecular weight excluding hydrogens is 406 g/mol. The number of carbonyl (C=O) groups is 2. The van der Waals surface area contributed by atoms with E-state index < -0.39 is 17.2 Å². The fourth-order valence-corrected chi connectivity index (χ4v) is 3.37. The van der Waals surface area contributed by atoms with Crippen LogP contribution >= 0.6 is 46.4 Å². The predicted octanol–water partition coefficient (Wildman–Crippen LogP) is 5.66. The Kier molecular flexibility index (Phi) is 5.16. The molecule has 1 aliphatic carbocycles. The summed E-state index contributed by atoms with van der Waals surface area (Å²) in [6.07, 6.45) is 0.823. The number of para-hydroxylation sites is 2. The molecule has 2 aromatic rings. The molecule has 0 heterocycles. The summed E-state index contributed by atoms with van der Waals surface area (Å²) in [5, 5.41) is 6.48. The maximum atomic E-state index is 12.6. The first-order valence-electron chi connectivity index (χ1n) is 7.36. The van der Waals surface area contributed by atoms with Crippen molar-refractivity contribution in [3.05, 3.63) is 56.5 Å². The first-order valence-corrected chi connectivity index (χ1v) is 8.87. The molecule has 130 valence electrons. The summed E-state index contributed by atoms with van der Waals surface area (Å²) in [6, 6.07) is 9.75. The Bertz CT molecular complexity index is 758. The van der Waals surface area contributed by atoms with E-state index in [-0.39, 0.29) is 11.4 Å². The molecule has 4 nitrogen and oxygen atoms in total. The third-order valence-electron chi connectivity index (χ3n) is 4.02. The highest BCUT2D eigenvalue weighted by Gasteiger charge is 2.56. The van der Waals surface area contributed by atoms with E-state index in [4.69, 9.17) is 46.4 Å². The maximum Gasteiger partial charge on any atom is 0.240 e. The van der Waals surface area contributed by atoms with E-state index in [1.165, 1.54) is 0 Å². The summed E-state index contributed by atoms with van der Waals surface area (Å²) in [5.41, 5.74) is -0.623. The van der Waals surface area contributed by atoms with E-state index >= 15 is 0 Å². The van der Waals surface area contributed by atoms with Crippen LogP contribution in [0.25, 0.3) is 0 Å². The monoisotopic (exact) mass is 416 g/mol. The molecule has 0 bridgehead atoms. The smallest absolute Gasteiger partial charge is 0.240 e. The van der Waals surface area contributed by atoms with Gasteiger partial charge in [0.25, 0.3) is 0 Å². The van der Waals surface area contributed by atoms with Crippen LogP contribution in [-0.4, -0.2) is 11.8 Å². The lowest BCUT2D eigenvalue weighted by molar-refractivity contribution is -0.131. The summed E-state index contributed by atoms with van der Waals surface area (Å²) in [6.45, 7) is 0. The standard InChI is InChI=1S/C17H12Cl4N2O2/c18-9-3-1-4-10(19)13(9)22-15(24)17(7-8-17)16(25)23-14-11(20)5-2-6-12(14)21/h1-6H,7-8H2,(H,22,24)(H,23,25). The van der Waals surface area contributed by atoms with Crippen LogP contribution in [0.3, 0.4) is 0 Å². The van der Waals surface area contributed by atoms with Crippen molar-refractivity contribution in [2.24, 2.45) is 5.41 Å². The third kappa shape index (κ3) is 3.58. The Morgan fingerprint density at radius 3 is 1.32 bits per heavy atom. The van der Waals surface area contributed by atoms with E-state index in [1.807, 2.05) is 0 Å². The molecule has 0 saturated heterocycles. The lowest BCUT2D eigenvalue weighted by Crippen LogP contribution is -2.36. The summed E-state index contributed by atoms with van der Waals surface area (Å²) in [4.78, 5) is 25.3. The van der Waals surface area contributed by atoms with Gasteiger partial charge in [0.05, 0.1) is 31.5 Å². The SMILES string of the molecule is O=C(Nc1c(Cl)cccc1Cl)C1(C(=O)Nc2c(Cl)cccc2Cl)CC1. The number of nitrogens with one attached hydrogen (secondary N) is 2. The highest BCUT2D eigenvalue weighted by atomic mass is 35.5. The van der Waals surface area contributed by atoms with Crippen LogP contribution in [-0.2, 0) is 9.59 Å². The molecule has 3 rings (SSSR count). The van der Waals surface area contributed by atoms with Crippen molar-refractivity contribution in [2.45, 2.75) is 12.8 Å². The number of anilines is 2. The molecule has 0 spiro atoms. The van der Waals surface area contributed by atoms with Crippen LogP contribution in [0.15, 0.2) is 36.4 Å². The van der Waals surface area contributed by atoms with Gasteiger partial charge in [-0.1, -0.05) is 58.5 Å². The fraction of sp³-hybridized carbons (Fsp3) is 0.176. The van der Waals surface area contributed by atoms with Crippen molar-refractivity contribution in [3.63, 3.8) is 0 Å². The Balaban J connectivity index is 1.80. The van der Waals surface area contributed by atoms with Gasteiger partial charge >= 0.3 is 0 Å². The molecule has 0 atom stereocenters. The lowest BCUT2D eigenvalue weighted by atomic mass is 10.0. The molecule has 0 aromatic heterocycles. The normalized spacial score (nSPS) is 14.7. The van der Waals surface area contributed by atoms with E-state index in [0.29, 0.717) is 32.9 Å². The third-order valence-corrected chi connectivity index (χ3v) is 5.28. The number of hydrogen-bond acceptors (Lipinski definition) is 2. The molecule has 0 radical (unpaired) electrons. The zero-order chi connectivity index (χ0) is 18.2. The van der Waals surface area contributed by atoms with Crippen molar-refractivity contribution < 1.29 is 9.59 Å². The molecule has 1 fully saturated rings. The van der Waals surface area contributed by atoms with Crippen LogP contribution in [0.4, 0.5) is 11.4 Å². The summed E-state index contributed by atoms with van der Waals surface area (Å²) in [5.74, 6) is -0.939. The van der Waals surface area contributed by atoms with Gasteiger partial charge in [0.2, 0.25) is 11.8 Å². The minimum absolute atomic E-state index is 0.283. The van der Waals surface area contributed by atoms with Gasteiger partial charge in [-0.15, -0.1) is 0 Å².